The highest BCUT2D eigenvalue weighted by Crippen LogP contribution is 2.23. The topological polar surface area (TPSA) is 135 Å². The van der Waals surface area contributed by atoms with Crippen molar-refractivity contribution in [3.63, 3.8) is 0 Å². The Labute approximate surface area is 430 Å². The second kappa shape index (κ2) is 51.8. The van der Waals surface area contributed by atoms with Crippen LogP contribution in [0.2, 0.25) is 0 Å². The van der Waals surface area contributed by atoms with Gasteiger partial charge in [-0.05, 0) is 57.8 Å². The molecule has 4 N–H and O–H groups in total. The van der Waals surface area contributed by atoms with Gasteiger partial charge >= 0.3 is 5.97 Å². The van der Waals surface area contributed by atoms with Crippen LogP contribution in [-0.2, 0) is 23.7 Å². The first-order valence-electron chi connectivity index (χ1n) is 29.4. The molecule has 0 aromatic carbocycles. The van der Waals surface area contributed by atoms with E-state index >= 15 is 0 Å². The van der Waals surface area contributed by atoms with Crippen molar-refractivity contribution in [3.05, 3.63) is 60.8 Å². The monoisotopic (exact) mass is 987 g/mol. The number of ether oxygens (including phenoxy) is 4. The van der Waals surface area contributed by atoms with Crippen molar-refractivity contribution in [3.8, 4) is 0 Å². The molecule has 0 amide bonds. The first-order valence-corrected chi connectivity index (χ1v) is 29.4. The normalized spacial score (nSPS) is 19.3. The zero-order chi connectivity index (χ0) is 50.6. The molecule has 9 nitrogen and oxygen atoms in total. The largest absolute Gasteiger partial charge is 0.457 e. The predicted molar refractivity (Wildman–Crippen MR) is 293 cm³/mol. The second-order valence-electron chi connectivity index (χ2n) is 20.1. The fourth-order valence-electron chi connectivity index (χ4n) is 8.93. The van der Waals surface area contributed by atoms with Gasteiger partial charge in [0.2, 0.25) is 0 Å². The fourth-order valence-corrected chi connectivity index (χ4v) is 8.93. The molecule has 408 valence electrons. The first-order chi connectivity index (χ1) is 34.4. The number of hydrogen-bond donors (Lipinski definition) is 4. The molecule has 0 aliphatic carbocycles. The number of rotatable bonds is 51. The minimum atomic E-state index is -1.54. The zero-order valence-electron chi connectivity index (χ0n) is 45.3. The quantitative estimate of drug-likeness (QED) is 0.0267. The van der Waals surface area contributed by atoms with Crippen LogP contribution in [0.5, 0.6) is 0 Å². The number of carbonyl (C=O) groups is 1. The Hall–Kier alpha value is -2.11. The lowest BCUT2D eigenvalue weighted by Crippen LogP contribution is -2.59. The summed E-state index contributed by atoms with van der Waals surface area (Å²) in [5, 5.41) is 40.4. The third-order valence-corrected chi connectivity index (χ3v) is 13.4. The molecule has 1 aliphatic rings. The molecule has 70 heavy (non-hydrogen) atoms. The molecule has 1 fully saturated rings. The Morgan fingerprint density at radius 1 is 0.471 bits per heavy atom. The summed E-state index contributed by atoms with van der Waals surface area (Å²) in [4.78, 5) is 12.9. The molecule has 0 bridgehead atoms. The maximum Gasteiger partial charge on any atom is 0.306 e. The van der Waals surface area contributed by atoms with Crippen molar-refractivity contribution < 1.29 is 44.2 Å². The summed E-state index contributed by atoms with van der Waals surface area (Å²) in [6, 6.07) is 0. The minimum absolute atomic E-state index is 0.116. The van der Waals surface area contributed by atoms with Crippen molar-refractivity contribution in [1.82, 2.24) is 0 Å². The van der Waals surface area contributed by atoms with Gasteiger partial charge in [-0.3, -0.25) is 4.79 Å². The van der Waals surface area contributed by atoms with E-state index < -0.39 is 43.4 Å². The van der Waals surface area contributed by atoms with Crippen molar-refractivity contribution in [2.75, 3.05) is 26.4 Å². The average Bonchev–Trinajstić information content (AvgIpc) is 3.36. The Morgan fingerprint density at radius 3 is 1.31 bits per heavy atom. The number of aliphatic hydroxyl groups is 4. The van der Waals surface area contributed by atoms with Gasteiger partial charge < -0.3 is 39.4 Å². The molecule has 6 atom stereocenters. The molecule has 1 aliphatic heterocycles. The smallest absolute Gasteiger partial charge is 0.306 e. The minimum Gasteiger partial charge on any atom is -0.457 e. The van der Waals surface area contributed by atoms with E-state index in [-0.39, 0.29) is 19.2 Å². The summed E-state index contributed by atoms with van der Waals surface area (Å²) in [5.74, 6) is -0.313. The number of carbonyl (C=O) groups excluding carboxylic acids is 1. The molecule has 1 rings (SSSR count). The second-order valence-corrected chi connectivity index (χ2v) is 20.1. The number of aliphatic hydroxyl groups excluding tert-OH is 4. The van der Waals surface area contributed by atoms with Crippen LogP contribution in [0.3, 0.4) is 0 Å². The lowest BCUT2D eigenvalue weighted by molar-refractivity contribution is -0.305. The molecule has 0 aromatic heterocycles. The maximum atomic E-state index is 12.9. The Morgan fingerprint density at radius 2 is 0.871 bits per heavy atom. The number of allylic oxidation sites excluding steroid dienone is 10. The lowest BCUT2D eigenvalue weighted by atomic mass is 9.99. The van der Waals surface area contributed by atoms with Crippen molar-refractivity contribution in [2.24, 2.45) is 0 Å². The summed E-state index contributed by atoms with van der Waals surface area (Å²) in [5.41, 5.74) is 0. The SMILES string of the molecule is CC/C=C\C/C=C\C/C=C\C/C=C\C/C=C\CCCCCCCCCCOCC(COC1OC(CO)C(O)C(O)C1O)OC(=O)CCCCCCCCCCCCCCCCCCCCCCCCC. The Bertz CT molecular complexity index is 1260. The first kappa shape index (κ1) is 65.9. The number of hydrogen-bond acceptors (Lipinski definition) is 9. The summed E-state index contributed by atoms with van der Waals surface area (Å²) in [6.45, 7) is 4.47. The van der Waals surface area contributed by atoms with Crippen molar-refractivity contribution >= 4 is 5.97 Å². The third-order valence-electron chi connectivity index (χ3n) is 13.4. The van der Waals surface area contributed by atoms with Gasteiger partial charge in [0.1, 0.15) is 30.5 Å². The molecule has 1 saturated heterocycles. The highest BCUT2D eigenvalue weighted by atomic mass is 16.7. The van der Waals surface area contributed by atoms with Crippen molar-refractivity contribution in [2.45, 2.75) is 295 Å². The molecule has 0 saturated carbocycles. The van der Waals surface area contributed by atoms with E-state index in [1.807, 2.05) is 0 Å². The molecule has 9 heteroatoms. The van der Waals surface area contributed by atoms with Gasteiger partial charge in [0, 0.05) is 13.0 Å². The molecule has 0 spiro atoms. The van der Waals surface area contributed by atoms with E-state index in [1.54, 1.807) is 0 Å². The van der Waals surface area contributed by atoms with Crippen LogP contribution in [-0.4, -0.2) is 89.6 Å². The van der Waals surface area contributed by atoms with Crippen LogP contribution < -0.4 is 0 Å². The van der Waals surface area contributed by atoms with Crippen LogP contribution in [0.1, 0.15) is 258 Å². The summed E-state index contributed by atoms with van der Waals surface area (Å²) >= 11 is 0. The number of esters is 1. The van der Waals surface area contributed by atoms with E-state index in [2.05, 4.69) is 74.6 Å². The zero-order valence-corrected chi connectivity index (χ0v) is 45.3. The van der Waals surface area contributed by atoms with Gasteiger partial charge in [-0.15, -0.1) is 0 Å². The van der Waals surface area contributed by atoms with E-state index in [0.29, 0.717) is 13.0 Å². The average molecular weight is 988 g/mol. The Kier molecular flexibility index (Phi) is 48.7. The third kappa shape index (κ3) is 41.4. The molecule has 1 heterocycles. The van der Waals surface area contributed by atoms with Crippen molar-refractivity contribution in [1.29, 1.82) is 0 Å². The summed E-state index contributed by atoms with van der Waals surface area (Å²) in [7, 11) is 0. The van der Waals surface area contributed by atoms with Crippen LogP contribution in [0, 0.1) is 0 Å². The van der Waals surface area contributed by atoms with Gasteiger partial charge in [-0.2, -0.15) is 0 Å². The highest BCUT2D eigenvalue weighted by Gasteiger charge is 2.44. The molecule has 6 unspecified atom stereocenters. The van der Waals surface area contributed by atoms with Gasteiger partial charge in [0.15, 0.2) is 6.29 Å². The molecule has 0 radical (unpaired) electrons. The maximum absolute atomic E-state index is 12.9. The summed E-state index contributed by atoms with van der Waals surface area (Å²) in [6.07, 6.45) is 61.3. The predicted octanol–water partition coefficient (Wildman–Crippen LogP) is 15.4. The van der Waals surface area contributed by atoms with E-state index in [4.69, 9.17) is 18.9 Å². The van der Waals surface area contributed by atoms with E-state index in [1.165, 1.54) is 161 Å². The van der Waals surface area contributed by atoms with Gasteiger partial charge in [-0.1, -0.05) is 254 Å². The van der Waals surface area contributed by atoms with E-state index in [9.17, 15) is 25.2 Å². The van der Waals surface area contributed by atoms with E-state index in [0.717, 1.165) is 77.0 Å². The molecule has 0 aromatic rings. The summed E-state index contributed by atoms with van der Waals surface area (Å²) < 4.78 is 23.0. The van der Waals surface area contributed by atoms with Gasteiger partial charge in [0.25, 0.3) is 0 Å². The van der Waals surface area contributed by atoms with Gasteiger partial charge in [-0.25, -0.2) is 0 Å². The lowest BCUT2D eigenvalue weighted by Gasteiger charge is -2.39. The number of unbranched alkanes of at least 4 members (excludes halogenated alkanes) is 30. The molecular formula is C61H110O9. The van der Waals surface area contributed by atoms with Crippen LogP contribution >= 0.6 is 0 Å². The van der Waals surface area contributed by atoms with Crippen LogP contribution in [0.25, 0.3) is 0 Å². The van der Waals surface area contributed by atoms with Gasteiger partial charge in [0.05, 0.1) is 19.8 Å². The highest BCUT2D eigenvalue weighted by molar-refractivity contribution is 5.69. The standard InChI is InChI=1S/C61H110O9/c1-3-5-7-9-11-13-15-17-19-21-23-25-27-29-31-33-35-37-39-41-43-45-47-49-51-67-53-55(54-68-61-60(66)59(65)58(64)56(52-62)70-61)69-57(63)50-48-46-44-42-40-38-36-34-32-30-28-26-24-22-20-18-16-14-12-10-8-6-4-2/h5,7,11,13,17,19,23,25,29,31,55-56,58-62,64-66H,3-4,6,8-10,12,14-16,18,20-22,24,26-28,30,32-54H2,1-2H3/b7-5-,13-11-,19-17-,25-23-,31-29-. The Balaban J connectivity index is 2.15. The molecular weight excluding hydrogens is 877 g/mol. The van der Waals surface area contributed by atoms with Crippen LogP contribution in [0.15, 0.2) is 60.8 Å². The van der Waals surface area contributed by atoms with Crippen LogP contribution in [0.4, 0.5) is 0 Å². The fraction of sp³-hybridized carbons (Fsp3) is 0.820.